The van der Waals surface area contributed by atoms with E-state index in [1.54, 1.807) is 17.3 Å². The molecule has 1 unspecified atom stereocenters. The first-order valence-corrected chi connectivity index (χ1v) is 10.1. The van der Waals surface area contributed by atoms with Crippen molar-refractivity contribution in [1.29, 1.82) is 0 Å². The number of carbonyl (C=O) groups is 1. The Labute approximate surface area is 145 Å². The SMILES string of the molecule is O=C1CC(CS(=O)(=O)Cl)CN1c1ccc(Cc2ccncc2)cc1. The fourth-order valence-corrected chi connectivity index (χ4v) is 4.28. The number of pyridine rings is 1. The van der Waals surface area contributed by atoms with Crippen LogP contribution in [0.25, 0.3) is 0 Å². The minimum absolute atomic E-state index is 0.0674. The fraction of sp³-hybridized carbons (Fsp3) is 0.294. The van der Waals surface area contributed by atoms with Gasteiger partial charge in [-0.2, -0.15) is 0 Å². The van der Waals surface area contributed by atoms with Crippen molar-refractivity contribution in [1.82, 2.24) is 4.98 Å². The molecule has 7 heteroatoms. The molecule has 3 rings (SSSR count). The Kier molecular flexibility index (Phi) is 4.87. The maximum absolute atomic E-state index is 12.1. The van der Waals surface area contributed by atoms with Crippen LogP contribution in [0.4, 0.5) is 5.69 Å². The third kappa shape index (κ3) is 4.33. The lowest BCUT2D eigenvalue weighted by molar-refractivity contribution is -0.117. The summed E-state index contributed by atoms with van der Waals surface area (Å²) in [6, 6.07) is 11.7. The third-order valence-electron chi connectivity index (χ3n) is 4.05. The van der Waals surface area contributed by atoms with Crippen molar-refractivity contribution in [2.45, 2.75) is 12.8 Å². The third-order valence-corrected chi connectivity index (χ3v) is 5.29. The zero-order chi connectivity index (χ0) is 17.2. The molecule has 0 saturated carbocycles. The zero-order valence-corrected chi connectivity index (χ0v) is 14.5. The van der Waals surface area contributed by atoms with Gasteiger partial charge in [-0.25, -0.2) is 8.42 Å². The Morgan fingerprint density at radius 2 is 1.71 bits per heavy atom. The van der Waals surface area contributed by atoms with Crippen LogP contribution in [-0.2, 0) is 20.3 Å². The molecule has 1 aliphatic rings. The normalized spacial score (nSPS) is 18.1. The molecule has 2 aromatic rings. The van der Waals surface area contributed by atoms with Gasteiger partial charge in [-0.15, -0.1) is 0 Å². The van der Waals surface area contributed by atoms with Gasteiger partial charge in [0.25, 0.3) is 0 Å². The van der Waals surface area contributed by atoms with E-state index in [4.69, 9.17) is 10.7 Å². The Morgan fingerprint density at radius 3 is 2.33 bits per heavy atom. The van der Waals surface area contributed by atoms with Crippen LogP contribution in [0.15, 0.2) is 48.8 Å². The Hall–Kier alpha value is -1.92. The first-order valence-electron chi connectivity index (χ1n) is 7.61. The van der Waals surface area contributed by atoms with Gasteiger partial charge in [-0.3, -0.25) is 9.78 Å². The molecular formula is C17H17ClN2O3S. The van der Waals surface area contributed by atoms with Gasteiger partial charge in [0, 0.05) is 47.6 Å². The smallest absolute Gasteiger partial charge is 0.232 e. The lowest BCUT2D eigenvalue weighted by atomic mass is 10.1. The van der Waals surface area contributed by atoms with Crippen molar-refractivity contribution in [3.63, 3.8) is 0 Å². The predicted octanol–water partition coefficient (Wildman–Crippen LogP) is 2.59. The summed E-state index contributed by atoms with van der Waals surface area (Å²) in [5, 5.41) is 0. The van der Waals surface area contributed by atoms with E-state index in [9.17, 15) is 13.2 Å². The minimum Gasteiger partial charge on any atom is -0.312 e. The van der Waals surface area contributed by atoms with Crippen molar-refractivity contribution < 1.29 is 13.2 Å². The number of carbonyl (C=O) groups excluding carboxylic acids is 1. The first kappa shape index (κ1) is 16.9. The van der Waals surface area contributed by atoms with Gasteiger partial charge in [-0.05, 0) is 41.8 Å². The quantitative estimate of drug-likeness (QED) is 0.765. The summed E-state index contributed by atoms with van der Waals surface area (Å²) in [6.07, 6.45) is 4.53. The molecule has 1 aromatic heterocycles. The van der Waals surface area contributed by atoms with Crippen molar-refractivity contribution >= 4 is 31.3 Å². The topological polar surface area (TPSA) is 67.3 Å². The number of rotatable bonds is 5. The van der Waals surface area contributed by atoms with E-state index in [-0.39, 0.29) is 24.0 Å². The van der Waals surface area contributed by atoms with Crippen molar-refractivity contribution in [3.05, 3.63) is 59.9 Å². The number of nitrogens with zero attached hydrogens (tertiary/aromatic N) is 2. The maximum Gasteiger partial charge on any atom is 0.232 e. The predicted molar refractivity (Wildman–Crippen MR) is 93.6 cm³/mol. The molecule has 5 nitrogen and oxygen atoms in total. The van der Waals surface area contributed by atoms with Crippen LogP contribution < -0.4 is 4.90 Å². The number of aromatic nitrogens is 1. The standard InChI is InChI=1S/C17H17ClN2O3S/c18-24(22,23)12-15-10-17(21)20(11-15)16-3-1-13(2-4-16)9-14-5-7-19-8-6-14/h1-8,15H,9-12H2. The number of benzene rings is 1. The van der Waals surface area contributed by atoms with E-state index in [0.29, 0.717) is 6.54 Å². The highest BCUT2D eigenvalue weighted by atomic mass is 35.7. The summed E-state index contributed by atoms with van der Waals surface area (Å²) in [4.78, 5) is 17.8. The van der Waals surface area contributed by atoms with Crippen LogP contribution in [0.3, 0.4) is 0 Å². The first-order chi connectivity index (χ1) is 11.4. The number of halogens is 1. The second kappa shape index (κ2) is 6.91. The van der Waals surface area contributed by atoms with E-state index < -0.39 is 9.05 Å². The Morgan fingerprint density at radius 1 is 1.08 bits per heavy atom. The molecule has 0 bridgehead atoms. The van der Waals surface area contributed by atoms with Crippen molar-refractivity contribution in [2.24, 2.45) is 5.92 Å². The van der Waals surface area contributed by atoms with Gasteiger partial charge in [0.15, 0.2) is 0 Å². The van der Waals surface area contributed by atoms with Crippen LogP contribution in [-0.4, -0.2) is 31.6 Å². The molecule has 1 amide bonds. The largest absolute Gasteiger partial charge is 0.312 e. The van der Waals surface area contributed by atoms with Gasteiger partial charge in [-0.1, -0.05) is 12.1 Å². The average Bonchev–Trinajstić information content (AvgIpc) is 2.87. The number of hydrogen-bond acceptors (Lipinski definition) is 4. The van der Waals surface area contributed by atoms with E-state index in [1.165, 1.54) is 5.56 Å². The molecule has 0 aliphatic carbocycles. The molecule has 1 atom stereocenters. The molecule has 1 aliphatic heterocycles. The Balaban J connectivity index is 1.68. The minimum atomic E-state index is -3.59. The zero-order valence-electron chi connectivity index (χ0n) is 12.9. The van der Waals surface area contributed by atoms with Crippen LogP contribution in [0.1, 0.15) is 17.5 Å². The van der Waals surface area contributed by atoms with Crippen LogP contribution >= 0.6 is 10.7 Å². The van der Waals surface area contributed by atoms with Crippen molar-refractivity contribution in [3.8, 4) is 0 Å². The van der Waals surface area contributed by atoms with Gasteiger partial charge >= 0.3 is 0 Å². The van der Waals surface area contributed by atoms with Crippen molar-refractivity contribution in [2.75, 3.05) is 17.2 Å². The molecule has 1 aromatic carbocycles. The van der Waals surface area contributed by atoms with E-state index >= 15 is 0 Å². The lowest BCUT2D eigenvalue weighted by Gasteiger charge is -2.17. The van der Waals surface area contributed by atoms with E-state index in [2.05, 4.69) is 4.98 Å². The summed E-state index contributed by atoms with van der Waals surface area (Å²) in [5.41, 5.74) is 3.09. The summed E-state index contributed by atoms with van der Waals surface area (Å²) in [7, 11) is 1.70. The Bertz CT molecular complexity index is 823. The molecular weight excluding hydrogens is 348 g/mol. The highest BCUT2D eigenvalue weighted by molar-refractivity contribution is 8.13. The maximum atomic E-state index is 12.1. The number of amides is 1. The highest BCUT2D eigenvalue weighted by Crippen LogP contribution is 2.27. The second-order valence-corrected chi connectivity index (χ2v) is 8.80. The van der Waals surface area contributed by atoms with Crippen LogP contribution in [0.2, 0.25) is 0 Å². The summed E-state index contributed by atoms with van der Waals surface area (Å²) in [5.74, 6) is -0.490. The van der Waals surface area contributed by atoms with Crippen LogP contribution in [0, 0.1) is 5.92 Å². The fourth-order valence-electron chi connectivity index (χ4n) is 2.95. The van der Waals surface area contributed by atoms with E-state index in [1.807, 2.05) is 36.4 Å². The number of anilines is 1. The van der Waals surface area contributed by atoms with Gasteiger partial charge in [0.2, 0.25) is 15.0 Å². The second-order valence-electron chi connectivity index (χ2n) is 5.98. The van der Waals surface area contributed by atoms with Gasteiger partial charge in [0.05, 0.1) is 5.75 Å². The monoisotopic (exact) mass is 364 g/mol. The summed E-state index contributed by atoms with van der Waals surface area (Å²) in [6.45, 7) is 0.383. The average molecular weight is 365 g/mol. The number of hydrogen-bond donors (Lipinski definition) is 0. The summed E-state index contributed by atoms with van der Waals surface area (Å²) >= 11 is 0. The molecule has 2 heterocycles. The van der Waals surface area contributed by atoms with E-state index in [0.717, 1.165) is 17.7 Å². The molecule has 0 radical (unpaired) electrons. The van der Waals surface area contributed by atoms with Crippen LogP contribution in [0.5, 0.6) is 0 Å². The van der Waals surface area contributed by atoms with Gasteiger partial charge in [0.1, 0.15) is 0 Å². The lowest BCUT2D eigenvalue weighted by Crippen LogP contribution is -2.25. The molecule has 0 N–H and O–H groups in total. The summed E-state index contributed by atoms with van der Waals surface area (Å²) < 4.78 is 22.4. The molecule has 1 fully saturated rings. The molecule has 0 spiro atoms. The highest BCUT2D eigenvalue weighted by Gasteiger charge is 2.33. The van der Waals surface area contributed by atoms with Gasteiger partial charge < -0.3 is 4.90 Å². The molecule has 1 saturated heterocycles. The molecule has 24 heavy (non-hydrogen) atoms. The molecule has 126 valence electrons.